The van der Waals surface area contributed by atoms with Gasteiger partial charge in [-0.15, -0.1) is 0 Å². The number of thioether (sulfide) groups is 1. The molecule has 6 nitrogen and oxygen atoms in total. The fourth-order valence-corrected chi connectivity index (χ4v) is 1.73. The van der Waals surface area contributed by atoms with Crippen molar-refractivity contribution in [2.45, 2.75) is 18.5 Å². The highest BCUT2D eigenvalue weighted by Crippen LogP contribution is 2.19. The maximum atomic E-state index is 8.61. The Morgan fingerprint density at radius 1 is 1.59 bits per heavy atom. The van der Waals surface area contributed by atoms with Gasteiger partial charge < -0.3 is 10.3 Å². The molecule has 0 unspecified atom stereocenters. The largest absolute Gasteiger partial charge is 0.356 e. The van der Waals surface area contributed by atoms with Gasteiger partial charge in [0, 0.05) is 19.2 Å². The monoisotopic (exact) mass is 252 g/mol. The van der Waals surface area contributed by atoms with Crippen molar-refractivity contribution in [3.8, 4) is 6.07 Å². The van der Waals surface area contributed by atoms with Crippen LogP contribution in [0.15, 0.2) is 11.2 Å². The van der Waals surface area contributed by atoms with Gasteiger partial charge in [0.2, 0.25) is 0 Å². The lowest BCUT2D eigenvalue weighted by atomic mass is 10.4. The van der Waals surface area contributed by atoms with Gasteiger partial charge in [-0.05, 0) is 13.2 Å². The first-order chi connectivity index (χ1) is 8.24. The van der Waals surface area contributed by atoms with Gasteiger partial charge in [0.15, 0.2) is 5.16 Å². The second-order valence-corrected chi connectivity index (χ2v) is 4.00. The van der Waals surface area contributed by atoms with E-state index in [-0.39, 0.29) is 0 Å². The number of hydrazine groups is 1. The van der Waals surface area contributed by atoms with E-state index in [4.69, 9.17) is 11.1 Å². The Kier molecular flexibility index (Phi) is 5.52. The number of nitriles is 1. The summed E-state index contributed by atoms with van der Waals surface area (Å²) in [5, 5.41) is 9.27. The van der Waals surface area contributed by atoms with Gasteiger partial charge in [-0.25, -0.2) is 15.8 Å². The average molecular weight is 252 g/mol. The number of nitrogen functional groups attached to an aromatic ring is 1. The first-order valence-corrected chi connectivity index (χ1v) is 6.49. The fraction of sp³-hybridized carbons (Fsp3) is 0.500. The lowest BCUT2D eigenvalue weighted by Crippen LogP contribution is -2.25. The molecule has 0 spiro atoms. The van der Waals surface area contributed by atoms with E-state index < -0.39 is 0 Å². The summed E-state index contributed by atoms with van der Waals surface area (Å²) < 4.78 is 0. The highest BCUT2D eigenvalue weighted by molar-refractivity contribution is 7.98. The van der Waals surface area contributed by atoms with Gasteiger partial charge in [-0.1, -0.05) is 11.8 Å². The maximum absolute atomic E-state index is 8.61. The van der Waals surface area contributed by atoms with Crippen molar-refractivity contribution in [1.82, 2.24) is 9.97 Å². The van der Waals surface area contributed by atoms with Crippen molar-refractivity contribution < 1.29 is 0 Å². The summed E-state index contributed by atoms with van der Waals surface area (Å²) >= 11 is 1.45. The average Bonchev–Trinajstić information content (AvgIpc) is 2.39. The van der Waals surface area contributed by atoms with Crippen LogP contribution in [0.4, 0.5) is 11.6 Å². The number of nitrogens with one attached hydrogen (secondary N) is 1. The molecule has 0 saturated carbocycles. The Morgan fingerprint density at radius 3 is 2.88 bits per heavy atom. The molecule has 1 heterocycles. The molecule has 0 aliphatic carbocycles. The molecule has 7 heteroatoms. The number of hydrogen-bond acceptors (Lipinski definition) is 7. The highest BCUT2D eigenvalue weighted by atomic mass is 32.2. The Balaban J connectivity index is 2.97. The first kappa shape index (κ1) is 13.5. The van der Waals surface area contributed by atoms with Gasteiger partial charge in [0.05, 0.1) is 12.5 Å². The molecular weight excluding hydrogens is 236 g/mol. The van der Waals surface area contributed by atoms with Crippen molar-refractivity contribution in [2.24, 2.45) is 5.84 Å². The van der Waals surface area contributed by atoms with E-state index >= 15 is 0 Å². The van der Waals surface area contributed by atoms with Crippen LogP contribution >= 0.6 is 11.8 Å². The summed E-state index contributed by atoms with van der Waals surface area (Å²) in [4.78, 5) is 10.6. The number of nitrogens with zero attached hydrogens (tertiary/aromatic N) is 4. The van der Waals surface area contributed by atoms with Crippen LogP contribution in [0.3, 0.4) is 0 Å². The minimum atomic E-state index is 0.470. The van der Waals surface area contributed by atoms with E-state index in [1.54, 1.807) is 6.07 Å². The van der Waals surface area contributed by atoms with Gasteiger partial charge in [-0.3, -0.25) is 0 Å². The van der Waals surface area contributed by atoms with Gasteiger partial charge in [0.1, 0.15) is 11.6 Å². The fourth-order valence-electron chi connectivity index (χ4n) is 1.36. The normalized spacial score (nSPS) is 9.76. The second kappa shape index (κ2) is 6.93. The molecule has 17 heavy (non-hydrogen) atoms. The molecule has 0 fully saturated rings. The van der Waals surface area contributed by atoms with E-state index in [1.807, 2.05) is 18.1 Å². The molecule has 0 aliphatic rings. The molecule has 0 radical (unpaired) electrons. The zero-order valence-electron chi connectivity index (χ0n) is 9.97. The summed E-state index contributed by atoms with van der Waals surface area (Å²) in [7, 11) is 0. The predicted molar refractivity (Wildman–Crippen MR) is 69.7 cm³/mol. The first-order valence-electron chi connectivity index (χ1n) is 5.26. The minimum Gasteiger partial charge on any atom is -0.356 e. The molecule has 0 aromatic carbocycles. The van der Waals surface area contributed by atoms with Crippen LogP contribution in [-0.2, 0) is 0 Å². The van der Waals surface area contributed by atoms with Crippen molar-refractivity contribution in [3.05, 3.63) is 6.07 Å². The Morgan fingerprint density at radius 2 is 2.35 bits per heavy atom. The smallest absolute Gasteiger partial charge is 0.191 e. The standard InChI is InChI=1S/C10H16N6S/c1-3-16(6-4-5-11)9-7-8(15-12)13-10(14-9)17-2/h7H,3-4,6,12H2,1-2H3,(H,13,14,15). The molecule has 1 rings (SSSR count). The summed E-state index contributed by atoms with van der Waals surface area (Å²) in [6, 6.07) is 3.91. The van der Waals surface area contributed by atoms with Crippen LogP contribution in [0.5, 0.6) is 0 Å². The van der Waals surface area contributed by atoms with Crippen molar-refractivity contribution >= 4 is 23.4 Å². The molecule has 0 amide bonds. The molecule has 1 aromatic rings. The Hall–Kier alpha value is -1.52. The summed E-state index contributed by atoms with van der Waals surface area (Å²) in [5.74, 6) is 6.73. The van der Waals surface area contributed by atoms with E-state index in [9.17, 15) is 0 Å². The van der Waals surface area contributed by atoms with Crippen LogP contribution in [0.2, 0.25) is 0 Å². The maximum Gasteiger partial charge on any atom is 0.191 e. The van der Waals surface area contributed by atoms with Crippen LogP contribution in [0, 0.1) is 11.3 Å². The number of anilines is 2. The molecule has 0 atom stereocenters. The van der Waals surface area contributed by atoms with Crippen LogP contribution in [0.25, 0.3) is 0 Å². The highest BCUT2D eigenvalue weighted by Gasteiger charge is 2.09. The number of aromatic nitrogens is 2. The third-order valence-corrected chi connectivity index (χ3v) is 2.77. The molecule has 0 saturated heterocycles. The summed E-state index contributed by atoms with van der Waals surface area (Å²) in [5.41, 5.74) is 2.52. The summed E-state index contributed by atoms with van der Waals surface area (Å²) in [6.07, 6.45) is 2.38. The molecule has 1 aromatic heterocycles. The lowest BCUT2D eigenvalue weighted by Gasteiger charge is -2.21. The van der Waals surface area contributed by atoms with Crippen LogP contribution in [-0.4, -0.2) is 29.3 Å². The molecule has 3 N–H and O–H groups in total. The lowest BCUT2D eigenvalue weighted by molar-refractivity contribution is 0.792. The third kappa shape index (κ3) is 3.76. The molecule has 92 valence electrons. The van der Waals surface area contributed by atoms with Crippen LogP contribution < -0.4 is 16.2 Å². The molecule has 0 bridgehead atoms. The zero-order chi connectivity index (χ0) is 12.7. The number of hydrogen-bond donors (Lipinski definition) is 2. The van der Waals surface area contributed by atoms with Crippen molar-refractivity contribution in [1.29, 1.82) is 5.26 Å². The molecular formula is C10H16N6S. The third-order valence-electron chi connectivity index (χ3n) is 2.22. The van der Waals surface area contributed by atoms with E-state index in [0.717, 1.165) is 12.4 Å². The van der Waals surface area contributed by atoms with Gasteiger partial charge >= 0.3 is 0 Å². The summed E-state index contributed by atoms with van der Waals surface area (Å²) in [6.45, 7) is 3.46. The Bertz CT molecular complexity index is 380. The molecule has 0 aliphatic heterocycles. The van der Waals surface area contributed by atoms with Gasteiger partial charge in [-0.2, -0.15) is 5.26 Å². The SMILES string of the molecule is CCN(CCC#N)c1cc(NN)nc(SC)n1. The Labute approximate surface area is 105 Å². The number of rotatable bonds is 6. The van der Waals surface area contributed by atoms with Gasteiger partial charge in [0.25, 0.3) is 0 Å². The predicted octanol–water partition coefficient (Wildman–Crippen LogP) is 1.22. The second-order valence-electron chi connectivity index (χ2n) is 3.23. The van der Waals surface area contributed by atoms with Crippen molar-refractivity contribution in [3.63, 3.8) is 0 Å². The number of nitrogens with two attached hydrogens (primary N) is 1. The minimum absolute atomic E-state index is 0.470. The van der Waals surface area contributed by atoms with E-state index in [0.29, 0.717) is 23.9 Å². The van der Waals surface area contributed by atoms with Crippen LogP contribution in [0.1, 0.15) is 13.3 Å². The van der Waals surface area contributed by atoms with E-state index in [1.165, 1.54) is 11.8 Å². The topological polar surface area (TPSA) is 90.9 Å². The van der Waals surface area contributed by atoms with Crippen molar-refractivity contribution in [2.75, 3.05) is 29.7 Å². The zero-order valence-corrected chi connectivity index (χ0v) is 10.8. The quantitative estimate of drug-likeness (QED) is 0.340. The van der Waals surface area contributed by atoms with E-state index in [2.05, 4.69) is 21.5 Å².